The van der Waals surface area contributed by atoms with Crippen LogP contribution in [0.3, 0.4) is 0 Å². The van der Waals surface area contributed by atoms with Gasteiger partial charge in [0.15, 0.2) is 0 Å². The van der Waals surface area contributed by atoms with Gasteiger partial charge in [-0.05, 0) is 30.9 Å². The van der Waals surface area contributed by atoms with E-state index in [9.17, 15) is 4.79 Å². The fourth-order valence-electron chi connectivity index (χ4n) is 2.07. The Morgan fingerprint density at radius 2 is 2.06 bits per heavy atom. The Morgan fingerprint density at radius 1 is 1.31 bits per heavy atom. The Bertz CT molecular complexity index is 429. The summed E-state index contributed by atoms with van der Waals surface area (Å²) in [6.07, 6.45) is 2.90. The molecule has 1 amide bonds. The summed E-state index contributed by atoms with van der Waals surface area (Å²) in [5, 5.41) is 1.36. The lowest BCUT2D eigenvalue weighted by Crippen LogP contribution is -2.24. The van der Waals surface area contributed by atoms with E-state index in [1.165, 1.54) is 17.9 Å². The number of anilines is 2. The predicted molar refractivity (Wildman–Crippen MR) is 60.6 cm³/mol. The van der Waals surface area contributed by atoms with Gasteiger partial charge in [-0.15, -0.1) is 0 Å². The fourth-order valence-corrected chi connectivity index (χ4v) is 2.07. The zero-order valence-electron chi connectivity index (χ0n) is 8.93. The summed E-state index contributed by atoms with van der Waals surface area (Å²) in [5.74, 6) is 0.577. The minimum atomic E-state index is 0.00907. The third-order valence-electron chi connectivity index (χ3n) is 3.15. The van der Waals surface area contributed by atoms with Crippen LogP contribution in [0.1, 0.15) is 19.3 Å². The monoisotopic (exact) mass is 218 g/mol. The predicted octanol–water partition coefficient (Wildman–Crippen LogP) is 1.72. The molecule has 1 unspecified atom stereocenters. The van der Waals surface area contributed by atoms with Gasteiger partial charge < -0.3 is 5.73 Å². The normalized spacial score (nSPS) is 25.1. The van der Waals surface area contributed by atoms with Crippen LogP contribution in [0.4, 0.5) is 11.4 Å². The maximum absolute atomic E-state index is 11.8. The summed E-state index contributed by atoms with van der Waals surface area (Å²) in [7, 11) is 0. The van der Waals surface area contributed by atoms with Gasteiger partial charge in [-0.25, -0.2) is 0 Å². The molecule has 0 aromatic heterocycles. The van der Waals surface area contributed by atoms with E-state index in [4.69, 9.17) is 10.6 Å². The molecule has 1 saturated heterocycles. The van der Waals surface area contributed by atoms with Gasteiger partial charge in [0.05, 0.1) is 23.9 Å². The topological polar surface area (TPSA) is 55.6 Å². The summed E-state index contributed by atoms with van der Waals surface area (Å²) in [4.78, 5) is 17.5. The smallest absolute Gasteiger partial charge is 0.253 e. The number of rotatable bonds is 2. The van der Waals surface area contributed by atoms with Crippen LogP contribution < -0.4 is 10.8 Å². The maximum atomic E-state index is 11.8. The second kappa shape index (κ2) is 3.49. The molecule has 0 bridgehead atoms. The van der Waals surface area contributed by atoms with Crippen LogP contribution in [0, 0.1) is 5.92 Å². The molecule has 84 valence electrons. The van der Waals surface area contributed by atoms with Crippen molar-refractivity contribution in [1.82, 2.24) is 0 Å². The molecule has 0 radical (unpaired) electrons. The number of hydrogen-bond donors (Lipinski definition) is 1. The first-order chi connectivity index (χ1) is 7.75. The van der Waals surface area contributed by atoms with Crippen molar-refractivity contribution in [3.63, 3.8) is 0 Å². The Kier molecular flexibility index (Phi) is 2.11. The number of nitrogens with zero attached hydrogens (tertiary/aromatic N) is 1. The maximum Gasteiger partial charge on any atom is 0.253 e. The molecule has 1 aliphatic heterocycles. The van der Waals surface area contributed by atoms with Crippen LogP contribution in [0.25, 0.3) is 0 Å². The molecule has 1 aromatic carbocycles. The highest BCUT2D eigenvalue weighted by molar-refractivity contribution is 5.96. The molecule has 1 aromatic rings. The Hall–Kier alpha value is -1.55. The molecule has 1 saturated carbocycles. The van der Waals surface area contributed by atoms with Gasteiger partial charge in [-0.3, -0.25) is 9.63 Å². The minimum Gasteiger partial charge on any atom is -0.397 e. The van der Waals surface area contributed by atoms with E-state index in [1.54, 1.807) is 6.07 Å². The molecule has 2 fully saturated rings. The van der Waals surface area contributed by atoms with Crippen molar-refractivity contribution in [1.29, 1.82) is 0 Å². The Morgan fingerprint density at radius 3 is 2.75 bits per heavy atom. The van der Waals surface area contributed by atoms with Crippen molar-refractivity contribution in [3.8, 4) is 0 Å². The van der Waals surface area contributed by atoms with E-state index in [1.807, 2.05) is 18.2 Å². The fraction of sp³-hybridized carbons (Fsp3) is 0.417. The van der Waals surface area contributed by atoms with Crippen LogP contribution in [0.2, 0.25) is 0 Å². The van der Waals surface area contributed by atoms with Gasteiger partial charge in [-0.1, -0.05) is 12.1 Å². The molecule has 1 aliphatic carbocycles. The summed E-state index contributed by atoms with van der Waals surface area (Å²) < 4.78 is 0. The number of carbonyl (C=O) groups is 1. The highest BCUT2D eigenvalue weighted by Gasteiger charge is 2.42. The SMILES string of the molecule is Nc1ccccc1N1OC(C2CC2)CC1=O. The highest BCUT2D eigenvalue weighted by atomic mass is 16.7. The summed E-state index contributed by atoms with van der Waals surface area (Å²) in [5.41, 5.74) is 7.06. The van der Waals surface area contributed by atoms with Crippen molar-refractivity contribution < 1.29 is 9.63 Å². The molecule has 2 aliphatic rings. The van der Waals surface area contributed by atoms with E-state index in [0.29, 0.717) is 23.7 Å². The number of amides is 1. The number of carbonyl (C=O) groups excluding carboxylic acids is 1. The highest BCUT2D eigenvalue weighted by Crippen LogP contribution is 2.40. The molecule has 3 rings (SSSR count). The van der Waals surface area contributed by atoms with Gasteiger partial charge in [0.1, 0.15) is 0 Å². The van der Waals surface area contributed by atoms with Crippen molar-refractivity contribution in [3.05, 3.63) is 24.3 Å². The lowest BCUT2D eigenvalue weighted by Gasteiger charge is -2.17. The molecule has 4 nitrogen and oxygen atoms in total. The van der Waals surface area contributed by atoms with Crippen LogP contribution in [0.15, 0.2) is 24.3 Å². The zero-order valence-corrected chi connectivity index (χ0v) is 8.93. The number of hydrogen-bond acceptors (Lipinski definition) is 3. The number of nitrogens with two attached hydrogens (primary N) is 1. The number of para-hydroxylation sites is 2. The first kappa shape index (κ1) is 9.66. The van der Waals surface area contributed by atoms with Gasteiger partial charge in [0.2, 0.25) is 0 Å². The molecular formula is C12H14N2O2. The average molecular weight is 218 g/mol. The standard InChI is InChI=1S/C12H14N2O2/c13-9-3-1-2-4-10(9)14-12(15)7-11(16-14)8-5-6-8/h1-4,8,11H,5-7,13H2. The average Bonchev–Trinajstić information content (AvgIpc) is 3.04. The van der Waals surface area contributed by atoms with Gasteiger partial charge in [0.25, 0.3) is 5.91 Å². The Labute approximate surface area is 93.9 Å². The molecule has 0 spiro atoms. The van der Waals surface area contributed by atoms with E-state index in [2.05, 4.69) is 0 Å². The van der Waals surface area contributed by atoms with Crippen molar-refractivity contribution in [2.45, 2.75) is 25.4 Å². The molecule has 4 heteroatoms. The quantitative estimate of drug-likeness (QED) is 0.769. The van der Waals surface area contributed by atoms with Crippen molar-refractivity contribution in [2.75, 3.05) is 10.8 Å². The van der Waals surface area contributed by atoms with Gasteiger partial charge in [-0.2, -0.15) is 5.06 Å². The number of benzene rings is 1. The second-order valence-corrected chi connectivity index (χ2v) is 4.43. The van der Waals surface area contributed by atoms with Crippen LogP contribution >= 0.6 is 0 Å². The first-order valence-corrected chi connectivity index (χ1v) is 5.60. The summed E-state index contributed by atoms with van der Waals surface area (Å²) in [6, 6.07) is 7.28. The van der Waals surface area contributed by atoms with Gasteiger partial charge in [0, 0.05) is 0 Å². The van der Waals surface area contributed by atoms with Crippen LogP contribution in [-0.4, -0.2) is 12.0 Å². The van der Waals surface area contributed by atoms with Crippen molar-refractivity contribution >= 4 is 17.3 Å². The summed E-state index contributed by atoms with van der Waals surface area (Å²) >= 11 is 0. The van der Waals surface area contributed by atoms with Gasteiger partial charge >= 0.3 is 0 Å². The van der Waals surface area contributed by atoms with E-state index < -0.39 is 0 Å². The lowest BCUT2D eigenvalue weighted by atomic mass is 10.2. The van der Waals surface area contributed by atoms with Crippen molar-refractivity contribution in [2.24, 2.45) is 5.92 Å². The molecular weight excluding hydrogens is 204 g/mol. The largest absolute Gasteiger partial charge is 0.397 e. The zero-order chi connectivity index (χ0) is 11.1. The molecule has 1 heterocycles. The second-order valence-electron chi connectivity index (χ2n) is 4.43. The molecule has 1 atom stereocenters. The summed E-state index contributed by atoms with van der Waals surface area (Å²) in [6.45, 7) is 0. The minimum absolute atomic E-state index is 0.00907. The van der Waals surface area contributed by atoms with Crippen LogP contribution in [-0.2, 0) is 9.63 Å². The van der Waals surface area contributed by atoms with Crippen LogP contribution in [0.5, 0.6) is 0 Å². The molecule has 16 heavy (non-hydrogen) atoms. The van der Waals surface area contributed by atoms with E-state index >= 15 is 0 Å². The van der Waals surface area contributed by atoms with E-state index in [-0.39, 0.29) is 12.0 Å². The number of nitrogen functional groups attached to an aromatic ring is 1. The third kappa shape index (κ3) is 1.55. The van der Waals surface area contributed by atoms with E-state index in [0.717, 1.165) is 0 Å². The lowest BCUT2D eigenvalue weighted by molar-refractivity contribution is -0.119. The third-order valence-corrected chi connectivity index (χ3v) is 3.15. The Balaban J connectivity index is 1.85. The molecule has 2 N–H and O–H groups in total. The first-order valence-electron chi connectivity index (χ1n) is 5.60. The number of hydroxylamine groups is 1.